The summed E-state index contributed by atoms with van der Waals surface area (Å²) in [5, 5.41) is 5.46. The number of hydrogen-bond donors (Lipinski definition) is 3. The van der Waals surface area contributed by atoms with Crippen LogP contribution < -0.4 is 16.4 Å². The zero-order valence-corrected chi connectivity index (χ0v) is 14.4. The number of amides is 3. The van der Waals surface area contributed by atoms with Crippen LogP contribution in [0, 0.1) is 5.82 Å². The fourth-order valence-electron chi connectivity index (χ4n) is 2.63. The number of carbonyl (C=O) groups is 2. The molecule has 0 bridgehead atoms. The van der Waals surface area contributed by atoms with E-state index in [9.17, 15) is 14.0 Å². The van der Waals surface area contributed by atoms with Crippen molar-refractivity contribution in [1.29, 1.82) is 0 Å². The standard InChI is InChI=1S/C16H23FN4O2.ClH/c1-2-3-14(18)15(22)21-9-8-13(10-21)20-16(23)19-12-6-4-11(17)5-7-12;/h4-7,13-14H,2-3,8-10,18H2,1H3,(H2,19,20,23);1H. The highest BCUT2D eigenvalue weighted by atomic mass is 35.5. The zero-order valence-electron chi connectivity index (χ0n) is 13.6. The summed E-state index contributed by atoms with van der Waals surface area (Å²) < 4.78 is 12.8. The summed E-state index contributed by atoms with van der Waals surface area (Å²) in [7, 11) is 0. The van der Waals surface area contributed by atoms with Gasteiger partial charge in [-0.3, -0.25) is 4.79 Å². The van der Waals surface area contributed by atoms with E-state index in [-0.39, 0.29) is 36.2 Å². The molecule has 1 saturated heterocycles. The van der Waals surface area contributed by atoms with Crippen molar-refractivity contribution in [2.75, 3.05) is 18.4 Å². The van der Waals surface area contributed by atoms with E-state index >= 15 is 0 Å². The van der Waals surface area contributed by atoms with Crippen LogP contribution in [0.1, 0.15) is 26.2 Å². The third-order valence-corrected chi connectivity index (χ3v) is 3.85. The molecule has 1 aliphatic heterocycles. The first-order valence-corrected chi connectivity index (χ1v) is 7.87. The molecular formula is C16H24ClFN4O2. The fourth-order valence-corrected chi connectivity index (χ4v) is 2.63. The smallest absolute Gasteiger partial charge is 0.319 e. The molecule has 8 heteroatoms. The second-order valence-corrected chi connectivity index (χ2v) is 5.77. The Labute approximate surface area is 147 Å². The molecule has 1 aromatic rings. The molecule has 3 amide bonds. The molecule has 6 nitrogen and oxygen atoms in total. The monoisotopic (exact) mass is 358 g/mol. The third kappa shape index (κ3) is 5.65. The van der Waals surface area contributed by atoms with Crippen molar-refractivity contribution in [3.05, 3.63) is 30.1 Å². The predicted octanol–water partition coefficient (Wildman–Crippen LogP) is 2.10. The normalized spacial score (nSPS) is 17.8. The van der Waals surface area contributed by atoms with Crippen LogP contribution in [0.4, 0.5) is 14.9 Å². The van der Waals surface area contributed by atoms with Gasteiger partial charge in [-0.15, -0.1) is 12.4 Å². The molecule has 2 unspecified atom stereocenters. The van der Waals surface area contributed by atoms with Gasteiger partial charge in [0.1, 0.15) is 5.82 Å². The number of likely N-dealkylation sites (tertiary alicyclic amines) is 1. The lowest BCUT2D eigenvalue weighted by Gasteiger charge is -2.21. The van der Waals surface area contributed by atoms with Crippen molar-refractivity contribution in [2.45, 2.75) is 38.3 Å². The number of rotatable bonds is 5. The van der Waals surface area contributed by atoms with Crippen molar-refractivity contribution in [2.24, 2.45) is 5.73 Å². The first kappa shape index (κ1) is 20.2. The second kappa shape index (κ2) is 9.44. The van der Waals surface area contributed by atoms with Crippen molar-refractivity contribution < 1.29 is 14.0 Å². The van der Waals surface area contributed by atoms with E-state index < -0.39 is 6.04 Å². The third-order valence-electron chi connectivity index (χ3n) is 3.85. The average Bonchev–Trinajstić information content (AvgIpc) is 2.97. The Kier molecular flexibility index (Phi) is 7.94. The van der Waals surface area contributed by atoms with Crippen LogP contribution >= 0.6 is 12.4 Å². The Morgan fingerprint density at radius 2 is 2.04 bits per heavy atom. The molecule has 1 heterocycles. The maximum atomic E-state index is 12.8. The summed E-state index contributed by atoms with van der Waals surface area (Å²) in [6.45, 7) is 3.05. The van der Waals surface area contributed by atoms with E-state index in [1.165, 1.54) is 24.3 Å². The van der Waals surface area contributed by atoms with E-state index in [4.69, 9.17) is 5.73 Å². The lowest BCUT2D eigenvalue weighted by molar-refractivity contribution is -0.131. The van der Waals surface area contributed by atoms with E-state index in [0.29, 0.717) is 31.6 Å². The van der Waals surface area contributed by atoms with Crippen molar-refractivity contribution >= 4 is 30.0 Å². The van der Waals surface area contributed by atoms with Crippen LogP contribution in [0.15, 0.2) is 24.3 Å². The molecule has 1 aromatic carbocycles. The van der Waals surface area contributed by atoms with Crippen LogP contribution in [0.5, 0.6) is 0 Å². The highest BCUT2D eigenvalue weighted by molar-refractivity contribution is 5.89. The van der Waals surface area contributed by atoms with E-state index in [0.717, 1.165) is 6.42 Å². The number of hydrogen-bond acceptors (Lipinski definition) is 3. The largest absolute Gasteiger partial charge is 0.339 e. The number of nitrogens with two attached hydrogens (primary N) is 1. The molecule has 134 valence electrons. The summed E-state index contributed by atoms with van der Waals surface area (Å²) >= 11 is 0. The first-order valence-electron chi connectivity index (χ1n) is 7.87. The summed E-state index contributed by atoms with van der Waals surface area (Å²) in [5.74, 6) is -0.417. The maximum Gasteiger partial charge on any atom is 0.319 e. The van der Waals surface area contributed by atoms with E-state index in [1.807, 2.05) is 6.92 Å². The lowest BCUT2D eigenvalue weighted by atomic mass is 10.1. The van der Waals surface area contributed by atoms with Gasteiger partial charge in [-0.25, -0.2) is 9.18 Å². The predicted molar refractivity (Wildman–Crippen MR) is 93.7 cm³/mol. The molecule has 0 radical (unpaired) electrons. The van der Waals surface area contributed by atoms with Gasteiger partial charge in [0.2, 0.25) is 5.91 Å². The topological polar surface area (TPSA) is 87.5 Å². The van der Waals surface area contributed by atoms with Gasteiger partial charge in [0.25, 0.3) is 0 Å². The van der Waals surface area contributed by atoms with E-state index in [2.05, 4.69) is 10.6 Å². The molecule has 1 fully saturated rings. The molecule has 24 heavy (non-hydrogen) atoms. The number of anilines is 1. The quantitative estimate of drug-likeness (QED) is 0.753. The first-order chi connectivity index (χ1) is 11.0. The molecule has 2 atom stereocenters. The molecular weight excluding hydrogens is 335 g/mol. The van der Waals surface area contributed by atoms with Gasteiger partial charge >= 0.3 is 6.03 Å². The van der Waals surface area contributed by atoms with Gasteiger partial charge in [-0.2, -0.15) is 0 Å². The summed E-state index contributed by atoms with van der Waals surface area (Å²) in [5.41, 5.74) is 6.36. The minimum absolute atomic E-state index is 0. The molecule has 2 rings (SSSR count). The highest BCUT2D eigenvalue weighted by Gasteiger charge is 2.29. The number of urea groups is 1. The van der Waals surface area contributed by atoms with Crippen LogP contribution in [0.2, 0.25) is 0 Å². The van der Waals surface area contributed by atoms with Crippen LogP contribution in [0.25, 0.3) is 0 Å². The van der Waals surface area contributed by atoms with Gasteiger partial charge in [0.05, 0.1) is 6.04 Å². The van der Waals surface area contributed by atoms with Gasteiger partial charge in [0.15, 0.2) is 0 Å². The lowest BCUT2D eigenvalue weighted by Crippen LogP contribution is -2.45. The zero-order chi connectivity index (χ0) is 16.8. The molecule has 4 N–H and O–H groups in total. The van der Waals surface area contributed by atoms with Crippen molar-refractivity contribution in [3.63, 3.8) is 0 Å². The Balaban J connectivity index is 0.00000288. The van der Waals surface area contributed by atoms with Crippen LogP contribution in [-0.4, -0.2) is 42.0 Å². The summed E-state index contributed by atoms with van der Waals surface area (Å²) in [6.07, 6.45) is 2.22. The summed E-state index contributed by atoms with van der Waals surface area (Å²) in [4.78, 5) is 25.7. The number of halogens is 2. The Morgan fingerprint density at radius 1 is 1.38 bits per heavy atom. The molecule has 0 spiro atoms. The van der Waals surface area contributed by atoms with Crippen LogP contribution in [0.3, 0.4) is 0 Å². The minimum Gasteiger partial charge on any atom is -0.339 e. The average molecular weight is 359 g/mol. The highest BCUT2D eigenvalue weighted by Crippen LogP contribution is 2.13. The fraction of sp³-hybridized carbons (Fsp3) is 0.500. The molecule has 1 aliphatic rings. The van der Waals surface area contributed by atoms with Gasteiger partial charge in [-0.05, 0) is 37.1 Å². The van der Waals surface area contributed by atoms with Gasteiger partial charge < -0.3 is 21.3 Å². The summed E-state index contributed by atoms with van der Waals surface area (Å²) in [6, 6.07) is 4.60. The van der Waals surface area contributed by atoms with Crippen molar-refractivity contribution in [3.8, 4) is 0 Å². The van der Waals surface area contributed by atoms with E-state index in [1.54, 1.807) is 4.90 Å². The Bertz CT molecular complexity index is 556. The van der Waals surface area contributed by atoms with Gasteiger partial charge in [-0.1, -0.05) is 13.3 Å². The Morgan fingerprint density at radius 3 is 2.67 bits per heavy atom. The SMILES string of the molecule is CCCC(N)C(=O)N1CCC(NC(=O)Nc2ccc(F)cc2)C1.Cl. The van der Waals surface area contributed by atoms with Crippen LogP contribution in [-0.2, 0) is 4.79 Å². The second-order valence-electron chi connectivity index (χ2n) is 5.77. The molecule has 0 aromatic heterocycles. The Hall–Kier alpha value is -1.86. The minimum atomic E-state index is -0.466. The number of nitrogens with zero attached hydrogens (tertiary/aromatic N) is 1. The van der Waals surface area contributed by atoms with Gasteiger partial charge in [0, 0.05) is 24.8 Å². The van der Waals surface area contributed by atoms with Crippen molar-refractivity contribution in [1.82, 2.24) is 10.2 Å². The number of benzene rings is 1. The maximum absolute atomic E-state index is 12.8. The molecule has 0 saturated carbocycles. The number of carbonyl (C=O) groups excluding carboxylic acids is 2. The molecule has 0 aliphatic carbocycles. The number of nitrogens with one attached hydrogen (secondary N) is 2.